The van der Waals surface area contributed by atoms with Crippen LogP contribution in [-0.4, -0.2) is 39.6 Å². The Morgan fingerprint density at radius 2 is 1.86 bits per heavy atom. The highest BCUT2D eigenvalue weighted by molar-refractivity contribution is 6.35. The number of alkyl halides is 3. The van der Waals surface area contributed by atoms with Crippen molar-refractivity contribution in [3.05, 3.63) is 51.8 Å². The summed E-state index contributed by atoms with van der Waals surface area (Å²) in [7, 11) is 0. The Balaban J connectivity index is 1.64. The Morgan fingerprint density at radius 1 is 1.10 bits per heavy atom. The number of benzene rings is 1. The zero-order chi connectivity index (χ0) is 20.6. The molecule has 1 fully saturated rings. The normalized spacial score (nSPS) is 16.9. The quantitative estimate of drug-likeness (QED) is 0.634. The van der Waals surface area contributed by atoms with E-state index in [4.69, 9.17) is 27.9 Å². The Labute approximate surface area is 174 Å². The lowest BCUT2D eigenvalue weighted by atomic mass is 9.74. The number of aromatic nitrogens is 4. The minimum Gasteiger partial charge on any atom is -0.381 e. The summed E-state index contributed by atoms with van der Waals surface area (Å²) in [6.07, 6.45) is -3.25. The predicted molar refractivity (Wildman–Crippen MR) is 102 cm³/mol. The second-order valence-electron chi connectivity index (χ2n) is 6.88. The average Bonchev–Trinajstić information content (AvgIpc) is 3.11. The minimum atomic E-state index is -4.65. The van der Waals surface area contributed by atoms with Gasteiger partial charge in [-0.2, -0.15) is 17.7 Å². The van der Waals surface area contributed by atoms with Crippen LogP contribution < -0.4 is 5.32 Å². The fraction of sp³-hybridized carbons (Fsp3) is 0.389. The van der Waals surface area contributed by atoms with Gasteiger partial charge in [-0.3, -0.25) is 0 Å². The summed E-state index contributed by atoms with van der Waals surface area (Å²) in [6.45, 7) is 1.52. The van der Waals surface area contributed by atoms with Gasteiger partial charge in [0.2, 0.25) is 0 Å². The van der Waals surface area contributed by atoms with Crippen LogP contribution in [0.2, 0.25) is 10.0 Å². The number of hydrogen-bond acceptors (Lipinski definition) is 5. The molecule has 1 N–H and O–H groups in total. The SMILES string of the molecule is FC(F)(F)c1nnc2ccc(NCC3(c4ccc(Cl)cc4Cl)CCOCC3)nn12. The summed E-state index contributed by atoms with van der Waals surface area (Å²) in [4.78, 5) is 0. The third kappa shape index (κ3) is 3.99. The van der Waals surface area contributed by atoms with Gasteiger partial charge in [0.25, 0.3) is 5.82 Å². The van der Waals surface area contributed by atoms with Gasteiger partial charge < -0.3 is 10.1 Å². The van der Waals surface area contributed by atoms with Gasteiger partial charge in [-0.05, 0) is 42.7 Å². The van der Waals surface area contributed by atoms with Gasteiger partial charge in [0.05, 0.1) is 0 Å². The third-order valence-electron chi connectivity index (χ3n) is 5.08. The van der Waals surface area contributed by atoms with E-state index >= 15 is 0 Å². The van der Waals surface area contributed by atoms with Crippen LogP contribution in [0, 0.1) is 0 Å². The molecule has 4 rings (SSSR count). The largest absolute Gasteiger partial charge is 0.453 e. The Bertz CT molecular complexity index is 1030. The van der Waals surface area contributed by atoms with Gasteiger partial charge in [-0.15, -0.1) is 15.3 Å². The molecule has 0 saturated carbocycles. The van der Waals surface area contributed by atoms with Crippen molar-refractivity contribution in [2.24, 2.45) is 0 Å². The molecular formula is C18H16Cl2F3N5O. The van der Waals surface area contributed by atoms with Gasteiger partial charge in [0.15, 0.2) is 5.65 Å². The third-order valence-corrected chi connectivity index (χ3v) is 5.62. The van der Waals surface area contributed by atoms with E-state index in [1.54, 1.807) is 18.2 Å². The number of rotatable bonds is 4. The van der Waals surface area contributed by atoms with Crippen molar-refractivity contribution in [1.82, 2.24) is 19.8 Å². The summed E-state index contributed by atoms with van der Waals surface area (Å²) in [5, 5.41) is 15.0. The summed E-state index contributed by atoms with van der Waals surface area (Å²) < 4.78 is 45.5. The Kier molecular flexibility index (Phi) is 5.30. The molecular weight excluding hydrogens is 430 g/mol. The van der Waals surface area contributed by atoms with Gasteiger partial charge in [0, 0.05) is 35.2 Å². The fourth-order valence-electron chi connectivity index (χ4n) is 3.54. The van der Waals surface area contributed by atoms with E-state index in [1.807, 2.05) is 6.07 Å². The van der Waals surface area contributed by atoms with Gasteiger partial charge >= 0.3 is 6.18 Å². The minimum absolute atomic E-state index is 0.0180. The number of nitrogens with zero attached hydrogens (tertiary/aromatic N) is 4. The van der Waals surface area contributed by atoms with Gasteiger partial charge in [-0.25, -0.2) is 0 Å². The smallest absolute Gasteiger partial charge is 0.381 e. The zero-order valence-electron chi connectivity index (χ0n) is 15.0. The molecule has 0 atom stereocenters. The first kappa shape index (κ1) is 20.2. The van der Waals surface area contributed by atoms with E-state index in [9.17, 15) is 13.2 Å². The molecule has 1 aliphatic rings. The number of hydrogen-bond donors (Lipinski definition) is 1. The summed E-state index contributed by atoms with van der Waals surface area (Å²) in [6, 6.07) is 8.35. The fourth-order valence-corrected chi connectivity index (χ4v) is 4.15. The van der Waals surface area contributed by atoms with Crippen molar-refractivity contribution in [2.75, 3.05) is 25.1 Å². The second-order valence-corrected chi connectivity index (χ2v) is 7.72. The maximum atomic E-state index is 13.1. The van der Waals surface area contributed by atoms with Crippen molar-refractivity contribution in [3.63, 3.8) is 0 Å². The van der Waals surface area contributed by atoms with Crippen LogP contribution >= 0.6 is 23.2 Å². The lowest BCUT2D eigenvalue weighted by molar-refractivity contribution is -0.146. The highest BCUT2D eigenvalue weighted by Crippen LogP contribution is 2.39. The van der Waals surface area contributed by atoms with Crippen LogP contribution in [0.25, 0.3) is 5.65 Å². The van der Waals surface area contributed by atoms with Crippen molar-refractivity contribution in [1.29, 1.82) is 0 Å². The number of ether oxygens (including phenoxy) is 1. The van der Waals surface area contributed by atoms with Crippen LogP contribution in [0.15, 0.2) is 30.3 Å². The first-order chi connectivity index (χ1) is 13.8. The van der Waals surface area contributed by atoms with Crippen LogP contribution in [0.1, 0.15) is 24.2 Å². The van der Waals surface area contributed by atoms with Crippen LogP contribution in [0.3, 0.4) is 0 Å². The molecule has 0 aliphatic carbocycles. The molecule has 11 heteroatoms. The highest BCUT2D eigenvalue weighted by Gasteiger charge is 2.38. The van der Waals surface area contributed by atoms with Crippen LogP contribution in [-0.2, 0) is 16.3 Å². The predicted octanol–water partition coefficient (Wildman–Crippen LogP) is 4.61. The molecule has 0 unspecified atom stereocenters. The lowest BCUT2D eigenvalue weighted by Crippen LogP contribution is -2.40. The summed E-state index contributed by atoms with van der Waals surface area (Å²) in [5.74, 6) is -0.892. The number of halogens is 5. The molecule has 0 amide bonds. The number of anilines is 1. The molecule has 3 heterocycles. The van der Waals surface area contributed by atoms with Crippen molar-refractivity contribution >= 4 is 34.7 Å². The van der Waals surface area contributed by atoms with Crippen LogP contribution in [0.5, 0.6) is 0 Å². The number of nitrogens with one attached hydrogen (secondary N) is 1. The number of fused-ring (bicyclic) bond motifs is 1. The average molecular weight is 446 g/mol. The summed E-state index contributed by atoms with van der Waals surface area (Å²) >= 11 is 12.5. The molecule has 1 aromatic carbocycles. The molecule has 1 saturated heterocycles. The highest BCUT2D eigenvalue weighted by atomic mass is 35.5. The van der Waals surface area contributed by atoms with Crippen molar-refractivity contribution in [2.45, 2.75) is 24.4 Å². The first-order valence-electron chi connectivity index (χ1n) is 8.85. The molecule has 3 aromatic rings. The Morgan fingerprint density at radius 3 is 2.55 bits per heavy atom. The molecule has 29 heavy (non-hydrogen) atoms. The van der Waals surface area contributed by atoms with Gasteiger partial charge in [-0.1, -0.05) is 29.3 Å². The van der Waals surface area contributed by atoms with E-state index in [0.717, 1.165) is 5.56 Å². The Hall–Kier alpha value is -2.10. The topological polar surface area (TPSA) is 64.3 Å². The zero-order valence-corrected chi connectivity index (χ0v) is 16.5. The molecule has 0 radical (unpaired) electrons. The molecule has 6 nitrogen and oxygen atoms in total. The monoisotopic (exact) mass is 445 g/mol. The van der Waals surface area contributed by atoms with E-state index in [0.29, 0.717) is 47.2 Å². The molecule has 0 bridgehead atoms. The molecule has 2 aromatic heterocycles. The van der Waals surface area contributed by atoms with E-state index < -0.39 is 12.0 Å². The maximum Gasteiger partial charge on any atom is 0.453 e. The van der Waals surface area contributed by atoms with Crippen molar-refractivity contribution in [3.8, 4) is 0 Å². The van der Waals surface area contributed by atoms with E-state index in [1.165, 1.54) is 6.07 Å². The summed E-state index contributed by atoms with van der Waals surface area (Å²) in [5.41, 5.74) is 0.571. The molecule has 0 spiro atoms. The van der Waals surface area contributed by atoms with E-state index in [2.05, 4.69) is 20.6 Å². The lowest BCUT2D eigenvalue weighted by Gasteiger charge is -2.38. The second kappa shape index (κ2) is 7.62. The van der Waals surface area contributed by atoms with Gasteiger partial charge in [0.1, 0.15) is 5.82 Å². The van der Waals surface area contributed by atoms with Crippen molar-refractivity contribution < 1.29 is 17.9 Å². The maximum absolute atomic E-state index is 13.1. The molecule has 154 valence electrons. The van der Waals surface area contributed by atoms with Crippen LogP contribution in [0.4, 0.5) is 19.0 Å². The van der Waals surface area contributed by atoms with E-state index in [-0.39, 0.29) is 16.9 Å². The molecule has 1 aliphatic heterocycles. The standard InChI is InChI=1S/C18H16Cl2F3N5O/c19-11-1-2-12(13(20)9-11)17(5-7-29-8-6-17)10-24-14-3-4-15-25-26-16(18(21,22)23)28(15)27-14/h1-4,9H,5-8,10H2,(H,24,27). The first-order valence-corrected chi connectivity index (χ1v) is 9.61.